The fourth-order valence-electron chi connectivity index (χ4n) is 3.04. The van der Waals surface area contributed by atoms with Crippen molar-refractivity contribution in [2.24, 2.45) is 0 Å². The van der Waals surface area contributed by atoms with Crippen molar-refractivity contribution >= 4 is 27.7 Å². The molecular weight excluding hydrogens is 320 g/mol. The smallest absolute Gasteiger partial charge is 0.224 e. The van der Waals surface area contributed by atoms with E-state index in [0.717, 1.165) is 36.0 Å². The highest BCUT2D eigenvalue weighted by Gasteiger charge is 2.38. The molecule has 106 valence electrons. The number of likely N-dealkylation sites (tertiary alicyclic amines) is 2. The molecule has 4 nitrogen and oxygen atoms in total. The molecule has 0 unspecified atom stereocenters. The third kappa shape index (κ3) is 2.35. The average molecular weight is 337 g/mol. The van der Waals surface area contributed by atoms with Gasteiger partial charge >= 0.3 is 0 Å². The van der Waals surface area contributed by atoms with Gasteiger partial charge in [0.2, 0.25) is 11.8 Å². The van der Waals surface area contributed by atoms with Crippen molar-refractivity contribution < 1.29 is 9.59 Å². The van der Waals surface area contributed by atoms with E-state index in [0.29, 0.717) is 12.8 Å². The van der Waals surface area contributed by atoms with Gasteiger partial charge in [-0.3, -0.25) is 9.59 Å². The maximum absolute atomic E-state index is 12.1. The molecule has 0 aromatic heterocycles. The average Bonchev–Trinajstić information content (AvgIpc) is 3.03. The second kappa shape index (κ2) is 5.56. The lowest BCUT2D eigenvalue weighted by atomic mass is 10.1. The van der Waals surface area contributed by atoms with Crippen molar-refractivity contribution in [2.75, 3.05) is 13.1 Å². The molecule has 0 saturated carbocycles. The molecule has 0 spiro atoms. The quantitative estimate of drug-likeness (QED) is 0.851. The van der Waals surface area contributed by atoms with E-state index in [9.17, 15) is 9.59 Å². The van der Waals surface area contributed by atoms with E-state index in [4.69, 9.17) is 0 Å². The van der Waals surface area contributed by atoms with Crippen LogP contribution in [0, 0.1) is 0 Å². The minimum absolute atomic E-state index is 0.144. The molecule has 5 heteroatoms. The number of halogens is 1. The van der Waals surface area contributed by atoms with Crippen LogP contribution >= 0.6 is 15.9 Å². The lowest BCUT2D eigenvalue weighted by Gasteiger charge is -2.36. The van der Waals surface area contributed by atoms with Gasteiger partial charge in [0.25, 0.3) is 0 Å². The van der Waals surface area contributed by atoms with Crippen LogP contribution in [0.1, 0.15) is 37.4 Å². The first-order valence-electron chi connectivity index (χ1n) is 7.02. The first kappa shape index (κ1) is 13.6. The topological polar surface area (TPSA) is 40.6 Å². The summed E-state index contributed by atoms with van der Waals surface area (Å²) in [6.45, 7) is 1.46. The molecule has 0 aliphatic carbocycles. The minimum atomic E-state index is -0.254. The van der Waals surface area contributed by atoms with E-state index in [1.165, 1.54) is 0 Å². The van der Waals surface area contributed by atoms with Crippen molar-refractivity contribution in [2.45, 2.75) is 31.8 Å². The Kier molecular flexibility index (Phi) is 3.78. The molecule has 2 saturated heterocycles. The van der Waals surface area contributed by atoms with Gasteiger partial charge in [-0.25, -0.2) is 0 Å². The molecule has 1 aromatic rings. The maximum Gasteiger partial charge on any atom is 0.224 e. The van der Waals surface area contributed by atoms with Gasteiger partial charge in [-0.2, -0.15) is 0 Å². The first-order valence-corrected chi connectivity index (χ1v) is 7.81. The Balaban J connectivity index is 2.01. The first-order chi connectivity index (χ1) is 9.68. The fraction of sp³-hybridized carbons (Fsp3) is 0.467. The van der Waals surface area contributed by atoms with Gasteiger partial charge in [0, 0.05) is 36.0 Å². The summed E-state index contributed by atoms with van der Waals surface area (Å²) >= 11 is 3.56. The molecule has 1 aromatic carbocycles. The van der Waals surface area contributed by atoms with Crippen LogP contribution in [0.4, 0.5) is 0 Å². The van der Waals surface area contributed by atoms with Crippen LogP contribution in [0.2, 0.25) is 0 Å². The van der Waals surface area contributed by atoms with E-state index >= 15 is 0 Å². The summed E-state index contributed by atoms with van der Waals surface area (Å²) in [4.78, 5) is 28.0. The minimum Gasteiger partial charge on any atom is -0.318 e. The summed E-state index contributed by atoms with van der Waals surface area (Å²) in [7, 11) is 0. The highest BCUT2D eigenvalue weighted by atomic mass is 79.9. The van der Waals surface area contributed by atoms with Crippen LogP contribution in [0.5, 0.6) is 0 Å². The van der Waals surface area contributed by atoms with E-state index < -0.39 is 0 Å². The molecular formula is C15H17BrN2O2. The monoisotopic (exact) mass is 336 g/mol. The maximum atomic E-state index is 12.1. The van der Waals surface area contributed by atoms with Crippen LogP contribution in [-0.4, -0.2) is 34.7 Å². The molecule has 0 atom stereocenters. The van der Waals surface area contributed by atoms with Crippen molar-refractivity contribution in [3.63, 3.8) is 0 Å². The van der Waals surface area contributed by atoms with Gasteiger partial charge in [-0.1, -0.05) is 34.1 Å². The molecule has 3 rings (SSSR count). The molecule has 0 N–H and O–H groups in total. The van der Waals surface area contributed by atoms with Gasteiger partial charge in [0.15, 0.2) is 0 Å². The van der Waals surface area contributed by atoms with Gasteiger partial charge in [-0.15, -0.1) is 0 Å². The number of hydrogen-bond donors (Lipinski definition) is 0. The predicted octanol–water partition coefficient (Wildman–Crippen LogP) is 2.69. The fourth-order valence-corrected chi connectivity index (χ4v) is 3.53. The number of benzene rings is 1. The van der Waals surface area contributed by atoms with Crippen LogP contribution in [0.3, 0.4) is 0 Å². The van der Waals surface area contributed by atoms with Crippen molar-refractivity contribution in [3.05, 3.63) is 34.3 Å². The second-order valence-corrected chi connectivity index (χ2v) is 6.13. The van der Waals surface area contributed by atoms with Gasteiger partial charge in [0.05, 0.1) is 0 Å². The Morgan fingerprint density at radius 3 is 1.95 bits per heavy atom. The predicted molar refractivity (Wildman–Crippen MR) is 78.8 cm³/mol. The van der Waals surface area contributed by atoms with E-state index in [-0.39, 0.29) is 18.0 Å². The Morgan fingerprint density at radius 2 is 1.50 bits per heavy atom. The zero-order valence-electron chi connectivity index (χ0n) is 11.2. The van der Waals surface area contributed by atoms with Crippen LogP contribution in [0.25, 0.3) is 0 Å². The van der Waals surface area contributed by atoms with Crippen LogP contribution in [-0.2, 0) is 9.59 Å². The third-order valence-electron chi connectivity index (χ3n) is 3.99. The summed E-state index contributed by atoms with van der Waals surface area (Å²) in [6, 6.07) is 7.85. The van der Waals surface area contributed by atoms with Crippen molar-refractivity contribution in [1.29, 1.82) is 0 Å². The Bertz CT molecular complexity index is 520. The lowest BCUT2D eigenvalue weighted by molar-refractivity contribution is -0.140. The summed E-state index contributed by atoms with van der Waals surface area (Å²) in [5.74, 6) is 0.288. The molecule has 0 radical (unpaired) electrons. The van der Waals surface area contributed by atoms with Gasteiger partial charge in [0.1, 0.15) is 6.17 Å². The van der Waals surface area contributed by atoms with Gasteiger partial charge < -0.3 is 9.80 Å². The highest BCUT2D eigenvalue weighted by Crippen LogP contribution is 2.35. The summed E-state index contributed by atoms with van der Waals surface area (Å²) in [6.07, 6.45) is 2.67. The third-order valence-corrected chi connectivity index (χ3v) is 4.72. The zero-order chi connectivity index (χ0) is 14.1. The number of carbonyl (C=O) groups is 2. The molecule has 20 heavy (non-hydrogen) atoms. The molecule has 2 heterocycles. The molecule has 2 aliphatic heterocycles. The number of amides is 2. The number of hydrogen-bond acceptors (Lipinski definition) is 2. The van der Waals surface area contributed by atoms with E-state index in [1.807, 2.05) is 34.1 Å². The highest BCUT2D eigenvalue weighted by molar-refractivity contribution is 9.10. The van der Waals surface area contributed by atoms with Crippen LogP contribution in [0.15, 0.2) is 28.7 Å². The number of rotatable bonds is 3. The summed E-state index contributed by atoms with van der Waals surface area (Å²) in [5, 5.41) is 0. The molecule has 2 fully saturated rings. The standard InChI is InChI=1S/C15H17BrN2O2/c16-12-6-2-1-5-11(12)15(17-9-3-7-13(17)19)18-10-4-8-14(18)20/h1-2,5-6,15H,3-4,7-10H2. The van der Waals surface area contributed by atoms with E-state index in [1.54, 1.807) is 0 Å². The van der Waals surface area contributed by atoms with Crippen LogP contribution < -0.4 is 0 Å². The second-order valence-electron chi connectivity index (χ2n) is 5.28. The number of nitrogens with zero attached hydrogens (tertiary/aromatic N) is 2. The Morgan fingerprint density at radius 1 is 0.950 bits per heavy atom. The van der Waals surface area contributed by atoms with E-state index in [2.05, 4.69) is 15.9 Å². The largest absolute Gasteiger partial charge is 0.318 e. The summed E-state index contributed by atoms with van der Waals surface area (Å²) < 4.78 is 0.949. The Hall–Kier alpha value is -1.36. The SMILES string of the molecule is O=C1CCCN1C(c1ccccc1Br)N1CCCC1=O. The van der Waals surface area contributed by atoms with Crippen molar-refractivity contribution in [3.8, 4) is 0 Å². The molecule has 2 aliphatic rings. The summed E-state index contributed by atoms with van der Waals surface area (Å²) in [5.41, 5.74) is 0.998. The number of carbonyl (C=O) groups excluding carboxylic acids is 2. The molecule has 2 amide bonds. The zero-order valence-corrected chi connectivity index (χ0v) is 12.8. The Labute approximate surface area is 126 Å². The normalized spacial score (nSPS) is 19.5. The lowest BCUT2D eigenvalue weighted by Crippen LogP contribution is -2.43. The van der Waals surface area contributed by atoms with Crippen molar-refractivity contribution in [1.82, 2.24) is 9.80 Å². The van der Waals surface area contributed by atoms with Gasteiger partial charge in [-0.05, 0) is 18.9 Å². The molecule has 0 bridgehead atoms.